The number of rotatable bonds is 6. The van der Waals surface area contributed by atoms with Crippen molar-refractivity contribution in [1.82, 2.24) is 15.2 Å². The Morgan fingerprint density at radius 3 is 3.00 bits per heavy atom. The zero-order chi connectivity index (χ0) is 13.8. The molecule has 4 nitrogen and oxygen atoms in total. The average molecular weight is 261 g/mol. The number of hydrogen-bond donors (Lipinski definition) is 1. The third-order valence-electron chi connectivity index (χ3n) is 3.64. The standard InChI is InChI=1S/C15H23N3O/c1-11(6-8-18(2)3)17-15(19)14-9-13(14)12-5-4-7-16-10-12/h4-5,7,10-11,13-14H,6,8-9H2,1-3H3,(H,17,19)/t11-,13-,14+/m1/s1. The van der Waals surface area contributed by atoms with E-state index in [4.69, 9.17) is 0 Å². The van der Waals surface area contributed by atoms with Crippen molar-refractivity contribution in [2.75, 3.05) is 20.6 Å². The summed E-state index contributed by atoms with van der Waals surface area (Å²) in [5.41, 5.74) is 1.18. The second kappa shape index (κ2) is 6.15. The zero-order valence-electron chi connectivity index (χ0n) is 12.0. The van der Waals surface area contributed by atoms with Gasteiger partial charge in [-0.1, -0.05) is 6.07 Å². The molecular weight excluding hydrogens is 238 g/mol. The van der Waals surface area contributed by atoms with Crippen LogP contribution < -0.4 is 5.32 Å². The van der Waals surface area contributed by atoms with E-state index in [-0.39, 0.29) is 17.9 Å². The molecule has 0 bridgehead atoms. The number of hydrogen-bond acceptors (Lipinski definition) is 3. The number of carbonyl (C=O) groups is 1. The van der Waals surface area contributed by atoms with Crippen molar-refractivity contribution >= 4 is 5.91 Å². The van der Waals surface area contributed by atoms with Gasteiger partial charge >= 0.3 is 0 Å². The summed E-state index contributed by atoms with van der Waals surface area (Å²) in [5, 5.41) is 3.11. The summed E-state index contributed by atoms with van der Waals surface area (Å²) in [6.45, 7) is 3.07. The topological polar surface area (TPSA) is 45.2 Å². The van der Waals surface area contributed by atoms with Gasteiger partial charge in [0.2, 0.25) is 5.91 Å². The Morgan fingerprint density at radius 1 is 1.58 bits per heavy atom. The molecule has 1 aliphatic rings. The number of pyridine rings is 1. The van der Waals surface area contributed by atoms with E-state index >= 15 is 0 Å². The number of nitrogens with one attached hydrogen (secondary N) is 1. The molecule has 104 valence electrons. The molecule has 1 heterocycles. The lowest BCUT2D eigenvalue weighted by atomic mass is 10.1. The van der Waals surface area contributed by atoms with E-state index in [1.54, 1.807) is 6.20 Å². The summed E-state index contributed by atoms with van der Waals surface area (Å²) >= 11 is 0. The molecule has 0 spiro atoms. The van der Waals surface area contributed by atoms with Gasteiger partial charge < -0.3 is 10.2 Å². The highest BCUT2D eigenvalue weighted by Crippen LogP contribution is 2.47. The van der Waals surface area contributed by atoms with Crippen molar-refractivity contribution < 1.29 is 4.79 Å². The maximum atomic E-state index is 12.1. The van der Waals surface area contributed by atoms with E-state index in [0.29, 0.717) is 5.92 Å². The van der Waals surface area contributed by atoms with Gasteiger partial charge in [0, 0.05) is 24.4 Å². The second-order valence-corrected chi connectivity index (χ2v) is 5.74. The minimum Gasteiger partial charge on any atom is -0.353 e. The number of carbonyl (C=O) groups excluding carboxylic acids is 1. The van der Waals surface area contributed by atoms with Crippen LogP contribution in [-0.2, 0) is 4.79 Å². The Kier molecular flexibility index (Phi) is 4.53. The Bertz CT molecular complexity index is 419. The molecule has 1 aliphatic carbocycles. The molecule has 0 saturated heterocycles. The van der Waals surface area contributed by atoms with Gasteiger partial charge in [-0.3, -0.25) is 9.78 Å². The van der Waals surface area contributed by atoms with E-state index in [0.717, 1.165) is 19.4 Å². The molecule has 1 amide bonds. The first-order valence-corrected chi connectivity index (χ1v) is 6.93. The zero-order valence-corrected chi connectivity index (χ0v) is 12.0. The highest BCUT2D eigenvalue weighted by atomic mass is 16.2. The number of amides is 1. The van der Waals surface area contributed by atoms with Crippen molar-refractivity contribution in [1.29, 1.82) is 0 Å². The van der Waals surface area contributed by atoms with Crippen LogP contribution in [0.25, 0.3) is 0 Å². The lowest BCUT2D eigenvalue weighted by Crippen LogP contribution is -2.36. The van der Waals surface area contributed by atoms with Crippen LogP contribution in [-0.4, -0.2) is 42.5 Å². The van der Waals surface area contributed by atoms with Gasteiger partial charge in [-0.05, 0) is 58.0 Å². The van der Waals surface area contributed by atoms with E-state index in [1.807, 2.05) is 26.4 Å². The molecular formula is C15H23N3O. The van der Waals surface area contributed by atoms with Gasteiger partial charge in [-0.2, -0.15) is 0 Å². The van der Waals surface area contributed by atoms with Crippen LogP contribution in [0.5, 0.6) is 0 Å². The maximum Gasteiger partial charge on any atom is 0.223 e. The molecule has 1 aromatic heterocycles. The highest BCUT2D eigenvalue weighted by Gasteiger charge is 2.44. The first kappa shape index (κ1) is 14.0. The summed E-state index contributed by atoms with van der Waals surface area (Å²) in [4.78, 5) is 18.3. The van der Waals surface area contributed by atoms with Crippen LogP contribution in [0.1, 0.15) is 31.2 Å². The predicted octanol–water partition coefficient (Wildman–Crippen LogP) is 1.64. The first-order chi connectivity index (χ1) is 9.08. The monoisotopic (exact) mass is 261 g/mol. The Labute approximate surface area is 115 Å². The summed E-state index contributed by atoms with van der Waals surface area (Å²) in [7, 11) is 4.10. The van der Waals surface area contributed by atoms with Crippen LogP contribution >= 0.6 is 0 Å². The molecule has 1 fully saturated rings. The van der Waals surface area contributed by atoms with Crippen LogP contribution in [0, 0.1) is 5.92 Å². The van der Waals surface area contributed by atoms with Crippen molar-refractivity contribution in [3.05, 3.63) is 30.1 Å². The molecule has 3 atom stereocenters. The smallest absolute Gasteiger partial charge is 0.223 e. The summed E-state index contributed by atoms with van der Waals surface area (Å²) in [6, 6.07) is 4.23. The summed E-state index contributed by atoms with van der Waals surface area (Å²) < 4.78 is 0. The molecule has 19 heavy (non-hydrogen) atoms. The van der Waals surface area contributed by atoms with Crippen LogP contribution in [0.4, 0.5) is 0 Å². The van der Waals surface area contributed by atoms with Gasteiger partial charge in [0.05, 0.1) is 0 Å². The second-order valence-electron chi connectivity index (χ2n) is 5.74. The van der Waals surface area contributed by atoms with E-state index in [1.165, 1.54) is 5.56 Å². The Balaban J connectivity index is 1.77. The molecule has 0 aromatic carbocycles. The number of nitrogens with zero attached hydrogens (tertiary/aromatic N) is 2. The third kappa shape index (κ3) is 4.03. The normalized spacial score (nSPS) is 23.2. The third-order valence-corrected chi connectivity index (χ3v) is 3.64. The van der Waals surface area contributed by atoms with Gasteiger partial charge in [0.15, 0.2) is 0 Å². The molecule has 0 unspecified atom stereocenters. The first-order valence-electron chi connectivity index (χ1n) is 6.93. The van der Waals surface area contributed by atoms with E-state index in [2.05, 4.69) is 28.2 Å². The lowest BCUT2D eigenvalue weighted by Gasteiger charge is -2.16. The summed E-state index contributed by atoms with van der Waals surface area (Å²) in [5.74, 6) is 0.709. The molecule has 1 saturated carbocycles. The number of aromatic nitrogens is 1. The van der Waals surface area contributed by atoms with E-state index < -0.39 is 0 Å². The molecule has 1 N–H and O–H groups in total. The molecule has 0 radical (unpaired) electrons. The molecule has 4 heteroatoms. The minimum atomic E-state index is 0.144. The van der Waals surface area contributed by atoms with Crippen LogP contribution in [0.2, 0.25) is 0 Å². The van der Waals surface area contributed by atoms with Gasteiger partial charge in [-0.25, -0.2) is 0 Å². The molecule has 1 aromatic rings. The fourth-order valence-electron chi connectivity index (χ4n) is 2.32. The quantitative estimate of drug-likeness (QED) is 0.847. The fourth-order valence-corrected chi connectivity index (χ4v) is 2.32. The van der Waals surface area contributed by atoms with E-state index in [9.17, 15) is 4.79 Å². The van der Waals surface area contributed by atoms with Crippen molar-refractivity contribution in [3.63, 3.8) is 0 Å². The van der Waals surface area contributed by atoms with Gasteiger partial charge in [-0.15, -0.1) is 0 Å². The Morgan fingerprint density at radius 2 is 2.37 bits per heavy atom. The molecule has 0 aliphatic heterocycles. The summed E-state index contributed by atoms with van der Waals surface area (Å²) in [6.07, 6.45) is 5.58. The average Bonchev–Trinajstić information content (AvgIpc) is 3.18. The fraction of sp³-hybridized carbons (Fsp3) is 0.600. The highest BCUT2D eigenvalue weighted by molar-refractivity contribution is 5.83. The lowest BCUT2D eigenvalue weighted by molar-refractivity contribution is -0.123. The van der Waals surface area contributed by atoms with Crippen LogP contribution in [0.15, 0.2) is 24.5 Å². The minimum absolute atomic E-state index is 0.144. The van der Waals surface area contributed by atoms with Crippen LogP contribution in [0.3, 0.4) is 0 Å². The van der Waals surface area contributed by atoms with Gasteiger partial charge in [0.25, 0.3) is 0 Å². The maximum absolute atomic E-state index is 12.1. The SMILES string of the molecule is C[C@H](CCN(C)C)NC(=O)[C@H]1C[C@@H]1c1cccnc1. The Hall–Kier alpha value is -1.42. The van der Waals surface area contributed by atoms with Crippen molar-refractivity contribution in [2.45, 2.75) is 31.7 Å². The largest absolute Gasteiger partial charge is 0.353 e. The predicted molar refractivity (Wildman–Crippen MR) is 75.9 cm³/mol. The van der Waals surface area contributed by atoms with Crippen molar-refractivity contribution in [2.24, 2.45) is 5.92 Å². The van der Waals surface area contributed by atoms with Crippen molar-refractivity contribution in [3.8, 4) is 0 Å². The van der Waals surface area contributed by atoms with Gasteiger partial charge in [0.1, 0.15) is 0 Å². The molecule has 2 rings (SSSR count).